The fourth-order valence-corrected chi connectivity index (χ4v) is 2.37. The Balaban J connectivity index is 2.59. The summed E-state index contributed by atoms with van der Waals surface area (Å²) in [5.41, 5.74) is 1.86. The highest BCUT2D eigenvalue weighted by molar-refractivity contribution is 5.97. The van der Waals surface area contributed by atoms with Crippen molar-refractivity contribution in [1.82, 2.24) is 4.90 Å². The molecule has 1 unspecified atom stereocenters. The maximum Gasteiger partial charge on any atom is 0.164 e. The average molecular weight is 293 g/mol. The molecule has 0 fully saturated rings. The van der Waals surface area contributed by atoms with Crippen LogP contribution in [0.5, 0.6) is 0 Å². The SMILES string of the molecule is COCCN(CCC(=O)c1ccccc1C)C(C)COC. The Morgan fingerprint density at radius 1 is 1.19 bits per heavy atom. The van der Waals surface area contributed by atoms with E-state index in [4.69, 9.17) is 9.47 Å². The minimum Gasteiger partial charge on any atom is -0.383 e. The monoisotopic (exact) mass is 293 g/mol. The highest BCUT2D eigenvalue weighted by Crippen LogP contribution is 2.11. The molecule has 0 aromatic heterocycles. The predicted octanol–water partition coefficient (Wildman–Crippen LogP) is 2.55. The van der Waals surface area contributed by atoms with Crippen LogP contribution in [0.15, 0.2) is 24.3 Å². The van der Waals surface area contributed by atoms with Gasteiger partial charge in [0.1, 0.15) is 0 Å². The second-order valence-electron chi connectivity index (χ2n) is 5.32. The Morgan fingerprint density at radius 3 is 2.52 bits per heavy atom. The summed E-state index contributed by atoms with van der Waals surface area (Å²) in [5, 5.41) is 0. The van der Waals surface area contributed by atoms with Gasteiger partial charge in [-0.3, -0.25) is 9.69 Å². The van der Waals surface area contributed by atoms with E-state index in [1.54, 1.807) is 14.2 Å². The Labute approximate surface area is 128 Å². The number of carbonyl (C=O) groups excluding carboxylic acids is 1. The summed E-state index contributed by atoms with van der Waals surface area (Å²) >= 11 is 0. The van der Waals surface area contributed by atoms with E-state index in [1.165, 1.54) is 0 Å². The van der Waals surface area contributed by atoms with E-state index in [1.807, 2.05) is 31.2 Å². The van der Waals surface area contributed by atoms with Gasteiger partial charge in [-0.2, -0.15) is 0 Å². The van der Waals surface area contributed by atoms with Gasteiger partial charge in [-0.05, 0) is 19.4 Å². The maximum atomic E-state index is 12.3. The molecule has 21 heavy (non-hydrogen) atoms. The standard InChI is InChI=1S/C17H27NO3/c1-14-7-5-6-8-16(14)17(19)9-10-18(11-12-20-3)15(2)13-21-4/h5-8,15H,9-13H2,1-4H3. The lowest BCUT2D eigenvalue weighted by atomic mass is 10.0. The molecule has 1 aromatic rings. The molecule has 4 heteroatoms. The molecule has 0 aliphatic heterocycles. The van der Waals surface area contributed by atoms with Crippen molar-refractivity contribution < 1.29 is 14.3 Å². The molecule has 4 nitrogen and oxygen atoms in total. The number of hydrogen-bond acceptors (Lipinski definition) is 4. The summed E-state index contributed by atoms with van der Waals surface area (Å²) in [6.45, 7) is 6.93. The van der Waals surface area contributed by atoms with Crippen LogP contribution in [-0.2, 0) is 9.47 Å². The van der Waals surface area contributed by atoms with Crippen molar-refractivity contribution in [3.63, 3.8) is 0 Å². The Bertz CT molecular complexity index is 434. The normalized spacial score (nSPS) is 12.6. The van der Waals surface area contributed by atoms with Crippen LogP contribution in [-0.4, -0.2) is 57.2 Å². The molecule has 118 valence electrons. The van der Waals surface area contributed by atoms with Gasteiger partial charge < -0.3 is 9.47 Å². The second kappa shape index (κ2) is 9.66. The van der Waals surface area contributed by atoms with Crippen molar-refractivity contribution in [1.29, 1.82) is 0 Å². The number of nitrogens with zero attached hydrogens (tertiary/aromatic N) is 1. The lowest BCUT2D eigenvalue weighted by Crippen LogP contribution is -2.39. The largest absolute Gasteiger partial charge is 0.383 e. The summed E-state index contributed by atoms with van der Waals surface area (Å²) in [7, 11) is 3.39. The molecular formula is C17H27NO3. The highest BCUT2D eigenvalue weighted by atomic mass is 16.5. The third-order valence-electron chi connectivity index (χ3n) is 3.69. The van der Waals surface area contributed by atoms with Crippen LogP contribution >= 0.6 is 0 Å². The smallest absolute Gasteiger partial charge is 0.164 e. The van der Waals surface area contributed by atoms with E-state index in [0.29, 0.717) is 19.6 Å². The summed E-state index contributed by atoms with van der Waals surface area (Å²) < 4.78 is 10.4. The molecule has 0 radical (unpaired) electrons. The zero-order valence-electron chi connectivity index (χ0n) is 13.6. The predicted molar refractivity (Wildman–Crippen MR) is 84.9 cm³/mol. The van der Waals surface area contributed by atoms with E-state index in [9.17, 15) is 4.79 Å². The first-order valence-electron chi connectivity index (χ1n) is 7.41. The van der Waals surface area contributed by atoms with Gasteiger partial charge in [-0.15, -0.1) is 0 Å². The fourth-order valence-electron chi connectivity index (χ4n) is 2.37. The van der Waals surface area contributed by atoms with Crippen LogP contribution in [0, 0.1) is 6.92 Å². The van der Waals surface area contributed by atoms with E-state index in [0.717, 1.165) is 24.2 Å². The molecular weight excluding hydrogens is 266 g/mol. The number of hydrogen-bond donors (Lipinski definition) is 0. The first kappa shape index (κ1) is 17.8. The second-order valence-corrected chi connectivity index (χ2v) is 5.32. The molecule has 0 spiro atoms. The minimum atomic E-state index is 0.195. The van der Waals surface area contributed by atoms with E-state index in [-0.39, 0.29) is 11.8 Å². The van der Waals surface area contributed by atoms with Gasteiger partial charge >= 0.3 is 0 Å². The van der Waals surface area contributed by atoms with E-state index >= 15 is 0 Å². The number of aryl methyl sites for hydroxylation is 1. The van der Waals surface area contributed by atoms with Crippen molar-refractivity contribution in [3.05, 3.63) is 35.4 Å². The van der Waals surface area contributed by atoms with Crippen molar-refractivity contribution in [2.45, 2.75) is 26.3 Å². The summed E-state index contributed by atoms with van der Waals surface area (Å²) in [4.78, 5) is 14.6. The molecule has 0 bridgehead atoms. The molecule has 0 saturated heterocycles. The minimum absolute atomic E-state index is 0.195. The molecule has 0 heterocycles. The van der Waals surface area contributed by atoms with Gasteiger partial charge in [-0.1, -0.05) is 24.3 Å². The topological polar surface area (TPSA) is 38.8 Å². The third kappa shape index (κ3) is 5.96. The molecule has 0 amide bonds. The molecule has 0 N–H and O–H groups in total. The average Bonchev–Trinajstić information content (AvgIpc) is 2.47. The highest BCUT2D eigenvalue weighted by Gasteiger charge is 2.16. The van der Waals surface area contributed by atoms with Crippen molar-refractivity contribution in [3.8, 4) is 0 Å². The van der Waals surface area contributed by atoms with Gasteiger partial charge in [0.15, 0.2) is 5.78 Å². The Kier molecular flexibility index (Phi) is 8.20. The number of Topliss-reactive ketones (excluding diaryl/α,β-unsaturated/α-hetero) is 1. The van der Waals surface area contributed by atoms with Crippen LogP contribution in [0.25, 0.3) is 0 Å². The molecule has 0 aliphatic rings. The lowest BCUT2D eigenvalue weighted by Gasteiger charge is -2.28. The number of rotatable bonds is 10. The number of benzene rings is 1. The molecule has 1 aromatic carbocycles. The van der Waals surface area contributed by atoms with Crippen LogP contribution in [0.4, 0.5) is 0 Å². The fraction of sp³-hybridized carbons (Fsp3) is 0.588. The number of ether oxygens (including phenoxy) is 2. The third-order valence-corrected chi connectivity index (χ3v) is 3.69. The van der Waals surface area contributed by atoms with Crippen LogP contribution in [0.3, 0.4) is 0 Å². The van der Waals surface area contributed by atoms with Gasteiger partial charge in [0, 0.05) is 45.3 Å². The zero-order chi connectivity index (χ0) is 15.7. The Hall–Kier alpha value is -1.23. The number of carbonyl (C=O) groups is 1. The van der Waals surface area contributed by atoms with Gasteiger partial charge in [0.05, 0.1) is 13.2 Å². The van der Waals surface area contributed by atoms with Crippen LogP contribution < -0.4 is 0 Å². The Morgan fingerprint density at radius 2 is 1.90 bits per heavy atom. The molecule has 0 saturated carbocycles. The van der Waals surface area contributed by atoms with Crippen molar-refractivity contribution >= 4 is 5.78 Å². The van der Waals surface area contributed by atoms with E-state index in [2.05, 4.69) is 11.8 Å². The van der Waals surface area contributed by atoms with E-state index < -0.39 is 0 Å². The lowest BCUT2D eigenvalue weighted by molar-refractivity contribution is 0.0703. The van der Waals surface area contributed by atoms with Crippen molar-refractivity contribution in [2.75, 3.05) is 40.5 Å². The van der Waals surface area contributed by atoms with Gasteiger partial charge in [0.2, 0.25) is 0 Å². The zero-order valence-corrected chi connectivity index (χ0v) is 13.6. The summed E-state index contributed by atoms with van der Waals surface area (Å²) in [6.07, 6.45) is 0.516. The molecule has 0 aliphatic carbocycles. The maximum absolute atomic E-state index is 12.3. The number of methoxy groups -OCH3 is 2. The van der Waals surface area contributed by atoms with Gasteiger partial charge in [-0.25, -0.2) is 0 Å². The first-order valence-corrected chi connectivity index (χ1v) is 7.41. The van der Waals surface area contributed by atoms with Crippen LogP contribution in [0.2, 0.25) is 0 Å². The quantitative estimate of drug-likeness (QED) is 0.622. The first-order chi connectivity index (χ1) is 10.1. The van der Waals surface area contributed by atoms with Crippen molar-refractivity contribution in [2.24, 2.45) is 0 Å². The molecule has 1 atom stereocenters. The number of ketones is 1. The van der Waals surface area contributed by atoms with Gasteiger partial charge in [0.25, 0.3) is 0 Å². The summed E-state index contributed by atoms with van der Waals surface area (Å²) in [5.74, 6) is 0.195. The molecule has 1 rings (SSSR count). The van der Waals surface area contributed by atoms with Crippen LogP contribution in [0.1, 0.15) is 29.3 Å². The summed E-state index contributed by atoms with van der Waals surface area (Å²) in [6, 6.07) is 8.02.